The van der Waals surface area contributed by atoms with Crippen molar-refractivity contribution in [3.63, 3.8) is 0 Å². The van der Waals surface area contributed by atoms with Crippen LogP contribution in [0.4, 0.5) is 0 Å². The molecule has 0 aliphatic rings. The van der Waals surface area contributed by atoms with Gasteiger partial charge in [-0.15, -0.1) is 11.3 Å². The maximum atomic E-state index is 5.27. The van der Waals surface area contributed by atoms with E-state index >= 15 is 0 Å². The third kappa shape index (κ3) is 2.99. The van der Waals surface area contributed by atoms with Crippen molar-refractivity contribution in [3.05, 3.63) is 128 Å². The lowest BCUT2D eigenvalue weighted by Gasteiger charge is -2.10. The van der Waals surface area contributed by atoms with Crippen LogP contribution in [-0.4, -0.2) is 23.9 Å². The number of benzene rings is 5. The van der Waals surface area contributed by atoms with Crippen LogP contribution in [0.2, 0.25) is 0 Å². The summed E-state index contributed by atoms with van der Waals surface area (Å²) in [6, 6.07) is 41.0. The molecule has 0 saturated carbocycles. The van der Waals surface area contributed by atoms with Gasteiger partial charge in [-0.3, -0.25) is 14.4 Å². The van der Waals surface area contributed by atoms with E-state index in [1.807, 2.05) is 12.4 Å². The van der Waals surface area contributed by atoms with Gasteiger partial charge in [0.2, 0.25) is 0 Å². The maximum Gasteiger partial charge on any atom is 0.146 e. The monoisotopic (exact) mass is 591 g/mol. The summed E-state index contributed by atoms with van der Waals surface area (Å²) >= 11 is 1.79. The van der Waals surface area contributed by atoms with Crippen molar-refractivity contribution >= 4 is 103 Å². The molecule has 11 rings (SSSR count). The van der Waals surface area contributed by atoms with Gasteiger partial charge in [0.05, 0.1) is 32.3 Å². The number of nitrogens with zero attached hydrogens (tertiary/aromatic N) is 5. The van der Waals surface area contributed by atoms with E-state index in [1.165, 1.54) is 25.6 Å². The highest BCUT2D eigenvalue weighted by Crippen LogP contribution is 2.41. The number of pyridine rings is 3. The first-order valence-electron chi connectivity index (χ1n) is 15.0. The molecule has 5 nitrogen and oxygen atoms in total. The van der Waals surface area contributed by atoms with Crippen LogP contribution in [0.25, 0.3) is 97.1 Å². The van der Waals surface area contributed by atoms with E-state index in [4.69, 9.17) is 15.0 Å². The fourth-order valence-corrected chi connectivity index (χ4v) is 8.60. The highest BCUT2D eigenvalue weighted by Gasteiger charge is 2.20. The van der Waals surface area contributed by atoms with Gasteiger partial charge < -0.3 is 4.57 Å². The van der Waals surface area contributed by atoms with Crippen molar-refractivity contribution < 1.29 is 0 Å². The predicted octanol–water partition coefficient (Wildman–Crippen LogP) is 10.2. The van der Waals surface area contributed by atoms with Crippen LogP contribution in [0.1, 0.15) is 0 Å². The lowest BCUT2D eigenvalue weighted by atomic mass is 10.1. The maximum absolute atomic E-state index is 5.27. The quantitative estimate of drug-likeness (QED) is 0.179. The number of imidazole rings is 1. The number of para-hydroxylation sites is 2. The molecule has 208 valence electrons. The molecule has 45 heavy (non-hydrogen) atoms. The third-order valence-corrected chi connectivity index (χ3v) is 10.5. The third-order valence-electron chi connectivity index (χ3n) is 9.36. The van der Waals surface area contributed by atoms with Crippen molar-refractivity contribution in [2.24, 2.45) is 0 Å². The zero-order valence-electron chi connectivity index (χ0n) is 23.8. The van der Waals surface area contributed by atoms with Crippen molar-refractivity contribution in [1.82, 2.24) is 23.9 Å². The average Bonchev–Trinajstić information content (AvgIpc) is 3.78. The summed E-state index contributed by atoms with van der Waals surface area (Å²) in [6.45, 7) is 0. The van der Waals surface area contributed by atoms with Gasteiger partial charge in [-0.25, -0.2) is 4.98 Å². The Morgan fingerprint density at radius 2 is 1.18 bits per heavy atom. The van der Waals surface area contributed by atoms with Gasteiger partial charge >= 0.3 is 0 Å². The van der Waals surface area contributed by atoms with Gasteiger partial charge in [0.1, 0.15) is 16.7 Å². The Bertz CT molecular complexity index is 3050. The van der Waals surface area contributed by atoms with Gasteiger partial charge in [0, 0.05) is 55.1 Å². The molecule has 0 spiro atoms. The van der Waals surface area contributed by atoms with E-state index < -0.39 is 0 Å². The van der Waals surface area contributed by atoms with E-state index in [0.717, 1.165) is 71.5 Å². The molecule has 0 unspecified atom stereocenters. The summed E-state index contributed by atoms with van der Waals surface area (Å²) in [4.78, 5) is 15.4. The standard InChI is InChI=1S/C39H21N5S/c1-2-13-27-23(9-1)24-10-3-7-15-32(24)44-33-18-17-22(19-30(33)42-39(27)44)43-31-14-6-4-11-25(31)28-20-41-36-35(37(28)43)40-21-29-26-12-5-8-16-34(26)45-38(29)36/h1-21H. The molecule has 0 radical (unpaired) electrons. The summed E-state index contributed by atoms with van der Waals surface area (Å²) in [7, 11) is 0. The molecule has 0 saturated heterocycles. The topological polar surface area (TPSA) is 48.0 Å². The molecule has 0 N–H and O–H groups in total. The van der Waals surface area contributed by atoms with Crippen LogP contribution in [-0.2, 0) is 0 Å². The van der Waals surface area contributed by atoms with Gasteiger partial charge in [-0.2, -0.15) is 0 Å². The smallest absolute Gasteiger partial charge is 0.146 e. The van der Waals surface area contributed by atoms with Crippen molar-refractivity contribution in [1.29, 1.82) is 0 Å². The highest BCUT2D eigenvalue weighted by molar-refractivity contribution is 7.26. The first-order valence-corrected chi connectivity index (χ1v) is 15.9. The molecule has 0 atom stereocenters. The zero-order chi connectivity index (χ0) is 29.2. The van der Waals surface area contributed by atoms with Crippen LogP contribution in [0.3, 0.4) is 0 Å². The van der Waals surface area contributed by atoms with E-state index in [1.54, 1.807) is 11.3 Å². The second-order valence-corrected chi connectivity index (χ2v) is 12.7. The fraction of sp³-hybridized carbons (Fsp3) is 0. The molecule has 0 amide bonds. The lowest BCUT2D eigenvalue weighted by Crippen LogP contribution is -1.96. The van der Waals surface area contributed by atoms with Crippen molar-refractivity contribution in [2.45, 2.75) is 0 Å². The second kappa shape index (κ2) is 8.40. The van der Waals surface area contributed by atoms with Crippen LogP contribution in [0.5, 0.6) is 0 Å². The summed E-state index contributed by atoms with van der Waals surface area (Å²) in [5.74, 6) is 0. The second-order valence-electron chi connectivity index (χ2n) is 11.7. The van der Waals surface area contributed by atoms with Gasteiger partial charge in [0.25, 0.3) is 0 Å². The Labute approximate surface area is 259 Å². The van der Waals surface area contributed by atoms with Gasteiger partial charge in [-0.1, -0.05) is 78.9 Å². The summed E-state index contributed by atoms with van der Waals surface area (Å²) in [5, 5.41) is 8.24. The molecule has 0 aliphatic carbocycles. The fourth-order valence-electron chi connectivity index (χ4n) is 7.43. The molecule has 6 aromatic heterocycles. The molecule has 6 heterocycles. The number of aromatic nitrogens is 5. The number of thiophene rings is 1. The normalized spacial score (nSPS) is 12.4. The molecule has 11 aromatic rings. The number of hydrogen-bond acceptors (Lipinski definition) is 4. The highest BCUT2D eigenvalue weighted by atomic mass is 32.1. The Kier molecular flexibility index (Phi) is 4.41. The van der Waals surface area contributed by atoms with E-state index in [2.05, 4.69) is 124 Å². The van der Waals surface area contributed by atoms with E-state index in [-0.39, 0.29) is 0 Å². The largest absolute Gasteiger partial charge is 0.307 e. The minimum absolute atomic E-state index is 0.912. The molecule has 0 bridgehead atoms. The minimum atomic E-state index is 0.912. The molecule has 0 fully saturated rings. The Hall–Kier alpha value is -5.85. The minimum Gasteiger partial charge on any atom is -0.307 e. The Morgan fingerprint density at radius 1 is 0.511 bits per heavy atom. The molecule has 6 heteroatoms. The van der Waals surface area contributed by atoms with Crippen LogP contribution in [0, 0.1) is 0 Å². The summed E-state index contributed by atoms with van der Waals surface area (Å²) in [5.41, 5.74) is 9.28. The van der Waals surface area contributed by atoms with Crippen molar-refractivity contribution in [3.8, 4) is 5.69 Å². The zero-order valence-corrected chi connectivity index (χ0v) is 24.6. The van der Waals surface area contributed by atoms with Crippen LogP contribution in [0.15, 0.2) is 128 Å². The van der Waals surface area contributed by atoms with Crippen LogP contribution < -0.4 is 0 Å². The SMILES string of the molecule is c1ccc2c(c1)sc1c2cnc2c1ncc1c3ccccc3n(-c3ccc4c(c3)nc3c5ccccc5c5ccccc5n43)c12. The van der Waals surface area contributed by atoms with Crippen molar-refractivity contribution in [2.75, 3.05) is 0 Å². The first kappa shape index (κ1) is 23.6. The average molecular weight is 592 g/mol. The molecule has 0 aliphatic heterocycles. The Balaban J connectivity index is 1.27. The number of rotatable bonds is 1. The lowest BCUT2D eigenvalue weighted by molar-refractivity contribution is 1.18. The van der Waals surface area contributed by atoms with Crippen LogP contribution >= 0.6 is 11.3 Å². The number of fused-ring (bicyclic) bond motifs is 17. The first-order chi connectivity index (χ1) is 22.3. The van der Waals surface area contributed by atoms with E-state index in [9.17, 15) is 0 Å². The molecular weight excluding hydrogens is 571 g/mol. The Morgan fingerprint density at radius 3 is 2.04 bits per heavy atom. The molecule has 5 aromatic carbocycles. The van der Waals surface area contributed by atoms with E-state index in [0.29, 0.717) is 0 Å². The summed E-state index contributed by atoms with van der Waals surface area (Å²) in [6.07, 6.45) is 4.06. The molecular formula is C39H21N5S. The predicted molar refractivity (Wildman–Crippen MR) is 188 cm³/mol. The number of hydrogen-bond donors (Lipinski definition) is 0. The summed E-state index contributed by atoms with van der Waals surface area (Å²) < 4.78 is 7.08. The van der Waals surface area contributed by atoms with Gasteiger partial charge in [-0.05, 0) is 41.8 Å². The van der Waals surface area contributed by atoms with Gasteiger partial charge in [0.15, 0.2) is 0 Å².